The van der Waals surface area contributed by atoms with Crippen LogP contribution in [0.2, 0.25) is 5.15 Å². The van der Waals surface area contributed by atoms with E-state index < -0.39 is 0 Å². The first-order valence-electron chi connectivity index (χ1n) is 5.80. The molecule has 1 atom stereocenters. The summed E-state index contributed by atoms with van der Waals surface area (Å²) in [5, 5.41) is 1.27. The molecule has 0 saturated heterocycles. The van der Waals surface area contributed by atoms with Gasteiger partial charge in [0.15, 0.2) is 11.5 Å². The highest BCUT2D eigenvalue weighted by Gasteiger charge is 2.27. The Labute approximate surface area is 110 Å². The van der Waals surface area contributed by atoms with Gasteiger partial charge < -0.3 is 9.47 Å². The molecule has 0 amide bonds. The summed E-state index contributed by atoms with van der Waals surface area (Å²) in [6.45, 7) is 3.86. The van der Waals surface area contributed by atoms with Crippen LogP contribution in [0.3, 0.4) is 0 Å². The fourth-order valence-electron chi connectivity index (χ4n) is 2.36. The van der Waals surface area contributed by atoms with Crippen LogP contribution in [0.4, 0.5) is 0 Å². The van der Waals surface area contributed by atoms with Crippen molar-refractivity contribution >= 4 is 22.5 Å². The lowest BCUT2D eigenvalue weighted by Gasteiger charge is -2.10. The van der Waals surface area contributed by atoms with Crippen molar-refractivity contribution in [3.8, 4) is 11.5 Å². The van der Waals surface area contributed by atoms with Crippen LogP contribution in [0.25, 0.3) is 10.9 Å². The number of aryl methyl sites for hydroxylation is 1. The van der Waals surface area contributed by atoms with Crippen molar-refractivity contribution in [2.75, 3.05) is 7.11 Å². The smallest absolute Gasteiger partial charge is 0.167 e. The van der Waals surface area contributed by atoms with Crippen LogP contribution in [0.1, 0.15) is 18.3 Å². The molecule has 2 heterocycles. The number of nitrogens with zero attached hydrogens (tertiary/aromatic N) is 2. The van der Waals surface area contributed by atoms with Crippen molar-refractivity contribution in [1.82, 2.24) is 9.97 Å². The number of benzene rings is 1. The van der Waals surface area contributed by atoms with Gasteiger partial charge in [0.2, 0.25) is 0 Å². The zero-order chi connectivity index (χ0) is 12.9. The molecule has 1 aliphatic rings. The molecule has 0 spiro atoms. The normalized spacial score (nSPS) is 17.7. The average Bonchev–Trinajstić information content (AvgIpc) is 2.70. The van der Waals surface area contributed by atoms with E-state index in [9.17, 15) is 0 Å². The van der Waals surface area contributed by atoms with Crippen molar-refractivity contribution in [3.63, 3.8) is 0 Å². The second kappa shape index (κ2) is 3.99. The molecule has 1 aromatic heterocycles. The summed E-state index contributed by atoms with van der Waals surface area (Å²) in [6, 6.07) is 1.84. The van der Waals surface area contributed by atoms with Crippen LogP contribution in [0.15, 0.2) is 6.07 Å². The molecule has 1 aliphatic heterocycles. The zero-order valence-electron chi connectivity index (χ0n) is 10.5. The van der Waals surface area contributed by atoms with E-state index in [1.54, 1.807) is 7.11 Å². The number of methoxy groups -OCH3 is 1. The summed E-state index contributed by atoms with van der Waals surface area (Å²) in [5.74, 6) is 2.14. The molecule has 18 heavy (non-hydrogen) atoms. The van der Waals surface area contributed by atoms with Gasteiger partial charge in [-0.15, -0.1) is 0 Å². The summed E-state index contributed by atoms with van der Waals surface area (Å²) in [4.78, 5) is 8.67. The molecule has 1 aromatic carbocycles. The van der Waals surface area contributed by atoms with Crippen LogP contribution >= 0.6 is 11.6 Å². The molecule has 0 aliphatic carbocycles. The van der Waals surface area contributed by atoms with Gasteiger partial charge in [-0.25, -0.2) is 9.97 Å². The fraction of sp³-hybridized carbons (Fsp3) is 0.385. The van der Waals surface area contributed by atoms with Gasteiger partial charge in [0.05, 0.1) is 12.6 Å². The SMILES string of the molecule is COc1cc2c(Cl)nc(C)nc2c2c1OC(C)C2. The summed E-state index contributed by atoms with van der Waals surface area (Å²) in [7, 11) is 1.62. The molecule has 0 bridgehead atoms. The van der Waals surface area contributed by atoms with Crippen LogP contribution in [0.5, 0.6) is 11.5 Å². The minimum absolute atomic E-state index is 0.133. The zero-order valence-corrected chi connectivity index (χ0v) is 11.2. The average molecular weight is 265 g/mol. The third kappa shape index (κ3) is 1.60. The maximum absolute atomic E-state index is 6.18. The molecule has 2 aromatic rings. The highest BCUT2D eigenvalue weighted by Crippen LogP contribution is 2.43. The maximum atomic E-state index is 6.18. The van der Waals surface area contributed by atoms with E-state index >= 15 is 0 Å². The third-order valence-corrected chi connectivity index (χ3v) is 3.39. The van der Waals surface area contributed by atoms with Crippen molar-refractivity contribution < 1.29 is 9.47 Å². The van der Waals surface area contributed by atoms with Gasteiger partial charge in [0.1, 0.15) is 17.1 Å². The molecule has 1 unspecified atom stereocenters. The molecule has 0 radical (unpaired) electrons. The minimum Gasteiger partial charge on any atom is -0.493 e. The predicted molar refractivity (Wildman–Crippen MR) is 69.6 cm³/mol. The van der Waals surface area contributed by atoms with Gasteiger partial charge in [0, 0.05) is 17.4 Å². The summed E-state index contributed by atoms with van der Waals surface area (Å²) in [5.41, 5.74) is 1.93. The van der Waals surface area contributed by atoms with E-state index in [4.69, 9.17) is 21.1 Å². The largest absolute Gasteiger partial charge is 0.493 e. The molecule has 3 rings (SSSR count). The van der Waals surface area contributed by atoms with Gasteiger partial charge in [-0.05, 0) is 19.9 Å². The Bertz CT molecular complexity index is 643. The van der Waals surface area contributed by atoms with Crippen molar-refractivity contribution in [2.24, 2.45) is 0 Å². The van der Waals surface area contributed by atoms with E-state index in [0.717, 1.165) is 28.6 Å². The maximum Gasteiger partial charge on any atom is 0.167 e. The van der Waals surface area contributed by atoms with Crippen LogP contribution in [-0.4, -0.2) is 23.2 Å². The van der Waals surface area contributed by atoms with Gasteiger partial charge in [-0.3, -0.25) is 0 Å². The molecule has 4 nitrogen and oxygen atoms in total. The predicted octanol–water partition coefficient (Wildman–Crippen LogP) is 2.92. The lowest BCUT2D eigenvalue weighted by atomic mass is 10.1. The lowest BCUT2D eigenvalue weighted by Crippen LogP contribution is -2.05. The van der Waals surface area contributed by atoms with Crippen LogP contribution < -0.4 is 9.47 Å². The van der Waals surface area contributed by atoms with Crippen molar-refractivity contribution in [2.45, 2.75) is 26.4 Å². The number of fused-ring (bicyclic) bond motifs is 3. The van der Waals surface area contributed by atoms with Crippen LogP contribution in [-0.2, 0) is 6.42 Å². The van der Waals surface area contributed by atoms with Gasteiger partial charge >= 0.3 is 0 Å². The third-order valence-electron chi connectivity index (χ3n) is 3.10. The first-order valence-corrected chi connectivity index (χ1v) is 6.18. The van der Waals surface area contributed by atoms with E-state index in [0.29, 0.717) is 16.7 Å². The van der Waals surface area contributed by atoms with Crippen LogP contribution in [0, 0.1) is 6.92 Å². The Kier molecular flexibility index (Phi) is 2.55. The van der Waals surface area contributed by atoms with Gasteiger partial charge in [-0.2, -0.15) is 0 Å². The molecule has 0 N–H and O–H groups in total. The van der Waals surface area contributed by atoms with Crippen molar-refractivity contribution in [1.29, 1.82) is 0 Å². The Morgan fingerprint density at radius 2 is 2.22 bits per heavy atom. The molecular weight excluding hydrogens is 252 g/mol. The number of hydrogen-bond acceptors (Lipinski definition) is 4. The second-order valence-corrected chi connectivity index (χ2v) is 4.83. The Morgan fingerprint density at radius 1 is 1.44 bits per heavy atom. The molecule has 94 valence electrons. The van der Waals surface area contributed by atoms with Gasteiger partial charge in [-0.1, -0.05) is 11.6 Å². The van der Waals surface area contributed by atoms with E-state index in [2.05, 4.69) is 9.97 Å². The molecular formula is C13H13ClN2O2. The Balaban J connectivity index is 2.40. The number of ether oxygens (including phenoxy) is 2. The molecule has 0 fully saturated rings. The molecule has 5 heteroatoms. The highest BCUT2D eigenvalue weighted by molar-refractivity contribution is 6.34. The number of hydrogen-bond donors (Lipinski definition) is 0. The number of halogens is 1. The first kappa shape index (κ1) is 11.5. The summed E-state index contributed by atoms with van der Waals surface area (Å²) >= 11 is 6.18. The highest BCUT2D eigenvalue weighted by atomic mass is 35.5. The van der Waals surface area contributed by atoms with Gasteiger partial charge in [0.25, 0.3) is 0 Å². The molecule has 0 saturated carbocycles. The standard InChI is InChI=1S/C13H13ClN2O2/c1-6-4-8-11-9(13(14)16-7(2)15-11)5-10(17-3)12(8)18-6/h5-6H,4H2,1-3H3. The topological polar surface area (TPSA) is 44.2 Å². The second-order valence-electron chi connectivity index (χ2n) is 4.48. The summed E-state index contributed by atoms with van der Waals surface area (Å²) in [6.07, 6.45) is 0.948. The fourth-order valence-corrected chi connectivity index (χ4v) is 2.62. The van der Waals surface area contributed by atoms with E-state index in [-0.39, 0.29) is 6.10 Å². The minimum atomic E-state index is 0.133. The quantitative estimate of drug-likeness (QED) is 0.743. The monoisotopic (exact) mass is 264 g/mol. The van der Waals surface area contributed by atoms with E-state index in [1.807, 2.05) is 19.9 Å². The van der Waals surface area contributed by atoms with E-state index in [1.165, 1.54) is 0 Å². The Hall–Kier alpha value is -1.55. The number of rotatable bonds is 1. The summed E-state index contributed by atoms with van der Waals surface area (Å²) < 4.78 is 11.1. The first-order chi connectivity index (χ1) is 8.60. The van der Waals surface area contributed by atoms with Crippen molar-refractivity contribution in [3.05, 3.63) is 22.6 Å². The lowest BCUT2D eigenvalue weighted by molar-refractivity contribution is 0.243. The Morgan fingerprint density at radius 3 is 2.94 bits per heavy atom. The number of aromatic nitrogens is 2.